The molecule has 16 heavy (non-hydrogen) atoms. The number of aryl methyl sites for hydroxylation is 2. The summed E-state index contributed by atoms with van der Waals surface area (Å²) >= 11 is 1.79. The average molecular weight is 239 g/mol. The Bertz CT molecular complexity index is 350. The summed E-state index contributed by atoms with van der Waals surface area (Å²) < 4.78 is 0. The molecule has 0 saturated carbocycles. The van der Waals surface area contributed by atoms with Crippen molar-refractivity contribution in [3.8, 4) is 0 Å². The second kappa shape index (κ2) is 5.71. The van der Waals surface area contributed by atoms with Gasteiger partial charge in [0.15, 0.2) is 0 Å². The van der Waals surface area contributed by atoms with Gasteiger partial charge in [-0.05, 0) is 56.2 Å². The first-order valence-electron chi connectivity index (χ1n) is 5.54. The zero-order valence-electron chi connectivity index (χ0n) is 10.3. The quantitative estimate of drug-likeness (QED) is 0.776. The van der Waals surface area contributed by atoms with Crippen molar-refractivity contribution in [2.45, 2.75) is 37.6 Å². The van der Waals surface area contributed by atoms with E-state index >= 15 is 0 Å². The van der Waals surface area contributed by atoms with Gasteiger partial charge in [-0.2, -0.15) is 0 Å². The van der Waals surface area contributed by atoms with Crippen molar-refractivity contribution in [3.05, 3.63) is 29.3 Å². The maximum Gasteiger partial charge on any atom is 0.0608 e. The maximum absolute atomic E-state index is 9.04. The predicted octanol–water partition coefficient (Wildman–Crippen LogP) is 2.50. The summed E-state index contributed by atoms with van der Waals surface area (Å²) in [5.74, 6) is 0.941. The third kappa shape index (κ3) is 4.16. The highest BCUT2D eigenvalue weighted by molar-refractivity contribution is 7.99. The lowest BCUT2D eigenvalue weighted by atomic mass is 10.0. The SMILES string of the molecule is Cc1ccc(SCCC(C)(N)CO)cc1C. The minimum absolute atomic E-state index is 0.0421. The highest BCUT2D eigenvalue weighted by atomic mass is 32.2. The van der Waals surface area contributed by atoms with E-state index in [4.69, 9.17) is 10.8 Å². The number of aliphatic hydroxyl groups excluding tert-OH is 1. The van der Waals surface area contributed by atoms with E-state index in [0.29, 0.717) is 0 Å². The first-order chi connectivity index (χ1) is 7.44. The van der Waals surface area contributed by atoms with Gasteiger partial charge in [0.1, 0.15) is 0 Å². The molecule has 0 saturated heterocycles. The molecule has 2 nitrogen and oxygen atoms in total. The summed E-state index contributed by atoms with van der Waals surface area (Å²) in [7, 11) is 0. The molecule has 0 bridgehead atoms. The van der Waals surface area contributed by atoms with Crippen LogP contribution >= 0.6 is 11.8 Å². The highest BCUT2D eigenvalue weighted by Crippen LogP contribution is 2.23. The molecule has 1 unspecified atom stereocenters. The molecule has 0 aliphatic heterocycles. The van der Waals surface area contributed by atoms with E-state index in [9.17, 15) is 0 Å². The highest BCUT2D eigenvalue weighted by Gasteiger charge is 2.16. The molecule has 1 atom stereocenters. The Kier molecular flexibility index (Phi) is 4.84. The van der Waals surface area contributed by atoms with Gasteiger partial charge in [0, 0.05) is 10.4 Å². The summed E-state index contributed by atoms with van der Waals surface area (Å²) in [5, 5.41) is 9.04. The van der Waals surface area contributed by atoms with Crippen LogP contribution in [0.1, 0.15) is 24.5 Å². The molecule has 0 aliphatic rings. The molecule has 0 radical (unpaired) electrons. The Hall–Kier alpha value is -0.510. The Morgan fingerprint density at radius 1 is 1.31 bits per heavy atom. The van der Waals surface area contributed by atoms with Crippen molar-refractivity contribution in [2.24, 2.45) is 5.73 Å². The van der Waals surface area contributed by atoms with Crippen LogP contribution < -0.4 is 5.73 Å². The average Bonchev–Trinajstić information content (AvgIpc) is 2.23. The lowest BCUT2D eigenvalue weighted by Gasteiger charge is -2.21. The molecule has 1 aromatic carbocycles. The lowest BCUT2D eigenvalue weighted by molar-refractivity contribution is 0.206. The number of benzene rings is 1. The number of nitrogens with two attached hydrogens (primary N) is 1. The number of rotatable bonds is 5. The predicted molar refractivity (Wildman–Crippen MR) is 70.9 cm³/mol. The summed E-state index contributed by atoms with van der Waals surface area (Å²) in [6.07, 6.45) is 0.821. The number of thioether (sulfide) groups is 1. The van der Waals surface area contributed by atoms with Crippen LogP contribution in [0.3, 0.4) is 0 Å². The van der Waals surface area contributed by atoms with Crippen molar-refractivity contribution >= 4 is 11.8 Å². The lowest BCUT2D eigenvalue weighted by Crippen LogP contribution is -2.40. The van der Waals surface area contributed by atoms with Crippen LogP contribution in [0.2, 0.25) is 0 Å². The van der Waals surface area contributed by atoms with Gasteiger partial charge in [-0.25, -0.2) is 0 Å². The van der Waals surface area contributed by atoms with Gasteiger partial charge in [-0.15, -0.1) is 11.8 Å². The molecule has 3 heteroatoms. The number of hydrogen-bond donors (Lipinski definition) is 2. The van der Waals surface area contributed by atoms with Crippen LogP contribution in [0.4, 0.5) is 0 Å². The molecule has 0 amide bonds. The molecule has 3 N–H and O–H groups in total. The van der Waals surface area contributed by atoms with Crippen LogP contribution in [-0.2, 0) is 0 Å². The first kappa shape index (κ1) is 13.6. The van der Waals surface area contributed by atoms with E-state index in [1.807, 2.05) is 6.92 Å². The van der Waals surface area contributed by atoms with Crippen molar-refractivity contribution in [2.75, 3.05) is 12.4 Å². The molecule has 90 valence electrons. The monoisotopic (exact) mass is 239 g/mol. The Morgan fingerprint density at radius 2 is 2.00 bits per heavy atom. The van der Waals surface area contributed by atoms with Crippen molar-refractivity contribution in [1.29, 1.82) is 0 Å². The van der Waals surface area contributed by atoms with Crippen molar-refractivity contribution < 1.29 is 5.11 Å². The van der Waals surface area contributed by atoms with Gasteiger partial charge in [0.05, 0.1) is 6.61 Å². The summed E-state index contributed by atoms with van der Waals surface area (Å²) in [4.78, 5) is 1.27. The van der Waals surface area contributed by atoms with Crippen molar-refractivity contribution in [1.82, 2.24) is 0 Å². The Morgan fingerprint density at radius 3 is 2.56 bits per heavy atom. The standard InChI is InChI=1S/C13H21NOS/c1-10-4-5-12(8-11(10)2)16-7-6-13(3,14)9-15/h4-5,8,15H,6-7,9,14H2,1-3H3. The van der Waals surface area contributed by atoms with Crippen LogP contribution in [0.25, 0.3) is 0 Å². The smallest absolute Gasteiger partial charge is 0.0608 e. The zero-order chi connectivity index (χ0) is 12.2. The third-order valence-electron chi connectivity index (χ3n) is 2.78. The van der Waals surface area contributed by atoms with Gasteiger partial charge in [-0.3, -0.25) is 0 Å². The minimum atomic E-state index is -0.452. The maximum atomic E-state index is 9.04. The fourth-order valence-electron chi connectivity index (χ4n) is 1.28. The van der Waals surface area contributed by atoms with Crippen LogP contribution in [0, 0.1) is 13.8 Å². The van der Waals surface area contributed by atoms with Gasteiger partial charge in [0.2, 0.25) is 0 Å². The third-order valence-corrected chi connectivity index (χ3v) is 3.78. The molecule has 0 aliphatic carbocycles. The van der Waals surface area contributed by atoms with E-state index < -0.39 is 5.54 Å². The van der Waals surface area contributed by atoms with Crippen molar-refractivity contribution in [3.63, 3.8) is 0 Å². The normalized spacial score (nSPS) is 14.8. The Balaban J connectivity index is 2.46. The van der Waals surface area contributed by atoms with E-state index in [0.717, 1.165) is 12.2 Å². The van der Waals surface area contributed by atoms with E-state index in [1.165, 1.54) is 16.0 Å². The summed E-state index contributed by atoms with van der Waals surface area (Å²) in [6, 6.07) is 6.48. The molecular weight excluding hydrogens is 218 g/mol. The largest absolute Gasteiger partial charge is 0.394 e. The molecule has 0 fully saturated rings. The number of hydrogen-bond acceptors (Lipinski definition) is 3. The van der Waals surface area contributed by atoms with E-state index in [-0.39, 0.29) is 6.61 Å². The van der Waals surface area contributed by atoms with Gasteiger partial charge < -0.3 is 10.8 Å². The molecule has 0 heterocycles. The second-order valence-corrected chi connectivity index (χ2v) is 5.82. The van der Waals surface area contributed by atoms with Gasteiger partial charge >= 0.3 is 0 Å². The minimum Gasteiger partial charge on any atom is -0.394 e. The second-order valence-electron chi connectivity index (χ2n) is 4.66. The fourth-order valence-corrected chi connectivity index (χ4v) is 2.51. The van der Waals surface area contributed by atoms with E-state index in [1.54, 1.807) is 11.8 Å². The molecule has 1 aromatic rings. The first-order valence-corrected chi connectivity index (χ1v) is 6.53. The van der Waals surface area contributed by atoms with Crippen LogP contribution in [0.15, 0.2) is 23.1 Å². The molecule has 1 rings (SSSR count). The van der Waals surface area contributed by atoms with E-state index in [2.05, 4.69) is 32.0 Å². The summed E-state index contributed by atoms with van der Waals surface area (Å²) in [6.45, 7) is 6.17. The molecule has 0 spiro atoms. The fraction of sp³-hybridized carbons (Fsp3) is 0.538. The van der Waals surface area contributed by atoms with Crippen LogP contribution in [0.5, 0.6) is 0 Å². The zero-order valence-corrected chi connectivity index (χ0v) is 11.1. The van der Waals surface area contributed by atoms with Gasteiger partial charge in [-0.1, -0.05) is 6.07 Å². The Labute approximate surface area is 102 Å². The summed E-state index contributed by atoms with van der Waals surface area (Å²) in [5.41, 5.74) is 8.06. The van der Waals surface area contributed by atoms with Gasteiger partial charge in [0.25, 0.3) is 0 Å². The molecular formula is C13H21NOS. The van der Waals surface area contributed by atoms with Crippen LogP contribution in [-0.4, -0.2) is 23.0 Å². The number of aliphatic hydroxyl groups is 1. The molecule has 0 aromatic heterocycles. The topological polar surface area (TPSA) is 46.2 Å².